The van der Waals surface area contributed by atoms with Gasteiger partial charge in [-0.05, 0) is 68.4 Å². The monoisotopic (exact) mass is 829 g/mol. The number of aromatic nitrogens is 3. The van der Waals surface area contributed by atoms with Crippen molar-refractivity contribution in [2.45, 2.75) is 13.8 Å². The van der Waals surface area contributed by atoms with Crippen LogP contribution >= 0.6 is 0 Å². The molecule has 7 N–H and O–H groups in total. The molecular weight excluding hydrogens is 786 g/mol. The molecule has 17 nitrogen and oxygen atoms in total. The molecule has 0 fully saturated rings. The van der Waals surface area contributed by atoms with Gasteiger partial charge in [0.15, 0.2) is 0 Å². The number of urea groups is 2. The molecule has 0 aliphatic heterocycles. The zero-order valence-electron chi connectivity index (χ0n) is 33.7. The Morgan fingerprint density at radius 2 is 1.15 bits per heavy atom. The first-order chi connectivity index (χ1) is 29.5. The number of hydroxylamine groups is 2. The van der Waals surface area contributed by atoms with Crippen LogP contribution in [0.1, 0.15) is 34.6 Å². The molecule has 18 heteroatoms. The predicted octanol–water partition coefficient (Wildman–Crippen LogP) is 8.15. The third-order valence-corrected chi connectivity index (χ3v) is 8.14. The Kier molecular flexibility index (Phi) is 16.0. The summed E-state index contributed by atoms with van der Waals surface area (Å²) in [4.78, 5) is 66.6. The SMILES string of the molecule is CCNC(=O)Nc1cc(Nc2ccccc2)c(C(=O)N(C)OC)cn1.CCNC(=O)Nc1cc(Nc2ccccc2)c(C(=O)Nc2ccc(Oc3ccc(F)cc3)nc2)cn1. The number of rotatable bonds is 14. The van der Waals surface area contributed by atoms with E-state index >= 15 is 0 Å². The fourth-order valence-electron chi connectivity index (χ4n) is 5.19. The van der Waals surface area contributed by atoms with Crippen molar-refractivity contribution in [3.63, 3.8) is 0 Å². The number of para-hydroxylation sites is 2. The summed E-state index contributed by atoms with van der Waals surface area (Å²) in [5.41, 5.74) is 3.51. The second kappa shape index (κ2) is 22.1. The van der Waals surface area contributed by atoms with Crippen molar-refractivity contribution in [1.29, 1.82) is 0 Å². The van der Waals surface area contributed by atoms with Crippen LogP contribution in [0.2, 0.25) is 0 Å². The first-order valence-electron chi connectivity index (χ1n) is 18.8. The second-order valence-corrected chi connectivity index (χ2v) is 12.6. The van der Waals surface area contributed by atoms with Crippen LogP contribution in [0.15, 0.2) is 128 Å². The zero-order chi connectivity index (χ0) is 43.6. The first-order valence-corrected chi connectivity index (χ1v) is 18.8. The summed E-state index contributed by atoms with van der Waals surface area (Å²) in [5, 5.41) is 20.7. The molecule has 6 rings (SSSR count). The Labute approximate surface area is 351 Å². The summed E-state index contributed by atoms with van der Waals surface area (Å²) in [7, 11) is 2.91. The summed E-state index contributed by atoms with van der Waals surface area (Å²) in [6, 6.07) is 29.9. The van der Waals surface area contributed by atoms with Crippen LogP contribution in [-0.4, -0.2) is 71.1 Å². The molecule has 3 aromatic carbocycles. The van der Waals surface area contributed by atoms with Gasteiger partial charge in [-0.15, -0.1) is 0 Å². The van der Waals surface area contributed by atoms with Crippen LogP contribution in [0, 0.1) is 5.82 Å². The van der Waals surface area contributed by atoms with Crippen molar-refractivity contribution in [1.82, 2.24) is 30.6 Å². The van der Waals surface area contributed by atoms with Crippen molar-refractivity contribution >= 4 is 63.9 Å². The Hall–Kier alpha value is -8.12. The van der Waals surface area contributed by atoms with Gasteiger partial charge in [-0.1, -0.05) is 36.4 Å². The number of ether oxygens (including phenoxy) is 1. The number of carbonyl (C=O) groups excluding carboxylic acids is 4. The topological polar surface area (TPSA) is 213 Å². The molecule has 314 valence electrons. The molecular formula is C43H44FN11O6. The van der Waals surface area contributed by atoms with E-state index in [2.05, 4.69) is 52.2 Å². The minimum atomic E-state index is -0.431. The molecule has 6 aromatic rings. The Bertz CT molecular complexity index is 2390. The average Bonchev–Trinajstić information content (AvgIpc) is 3.26. The van der Waals surface area contributed by atoms with E-state index in [0.29, 0.717) is 47.3 Å². The molecule has 0 unspecified atom stereocenters. The van der Waals surface area contributed by atoms with Crippen LogP contribution in [0.4, 0.5) is 54.1 Å². The predicted molar refractivity (Wildman–Crippen MR) is 231 cm³/mol. The molecule has 6 amide bonds. The van der Waals surface area contributed by atoms with E-state index in [1.54, 1.807) is 31.2 Å². The van der Waals surface area contributed by atoms with Crippen molar-refractivity contribution < 1.29 is 33.1 Å². The van der Waals surface area contributed by atoms with E-state index in [1.165, 1.54) is 57.0 Å². The van der Waals surface area contributed by atoms with Crippen molar-refractivity contribution in [2.24, 2.45) is 0 Å². The summed E-state index contributed by atoms with van der Waals surface area (Å²) in [5.74, 6) is 0.161. The third-order valence-electron chi connectivity index (χ3n) is 8.14. The number of halogens is 1. The van der Waals surface area contributed by atoms with Gasteiger partial charge in [0, 0.05) is 62.1 Å². The minimum Gasteiger partial charge on any atom is -0.439 e. The van der Waals surface area contributed by atoms with Gasteiger partial charge in [0.05, 0.1) is 41.5 Å². The van der Waals surface area contributed by atoms with Gasteiger partial charge in [0.2, 0.25) is 5.88 Å². The molecule has 0 aliphatic carbocycles. The maximum absolute atomic E-state index is 13.1. The van der Waals surface area contributed by atoms with Gasteiger partial charge >= 0.3 is 12.1 Å². The number of pyridine rings is 3. The number of hydrogen-bond donors (Lipinski definition) is 7. The van der Waals surface area contributed by atoms with Gasteiger partial charge in [-0.2, -0.15) is 0 Å². The Morgan fingerprint density at radius 1 is 0.623 bits per heavy atom. The van der Waals surface area contributed by atoms with Crippen LogP contribution in [-0.2, 0) is 4.84 Å². The summed E-state index contributed by atoms with van der Waals surface area (Å²) in [6.07, 6.45) is 4.21. The van der Waals surface area contributed by atoms with Gasteiger partial charge in [0.1, 0.15) is 23.2 Å². The summed E-state index contributed by atoms with van der Waals surface area (Å²) in [6.45, 7) is 4.58. The number of hydrogen-bond acceptors (Lipinski definition) is 11. The molecule has 0 saturated carbocycles. The smallest absolute Gasteiger partial charge is 0.320 e. The van der Waals surface area contributed by atoms with Gasteiger partial charge in [-0.3, -0.25) is 25.1 Å². The first kappa shape index (κ1) is 44.0. The molecule has 61 heavy (non-hydrogen) atoms. The quantitative estimate of drug-likeness (QED) is 0.0521. The lowest BCUT2D eigenvalue weighted by atomic mass is 10.2. The van der Waals surface area contributed by atoms with E-state index in [0.717, 1.165) is 16.4 Å². The summed E-state index contributed by atoms with van der Waals surface area (Å²) < 4.78 is 18.6. The average molecular weight is 830 g/mol. The van der Waals surface area contributed by atoms with E-state index in [1.807, 2.05) is 67.6 Å². The van der Waals surface area contributed by atoms with Gasteiger partial charge in [0.25, 0.3) is 11.8 Å². The minimum absolute atomic E-state index is 0.256. The number of anilines is 7. The Balaban J connectivity index is 0.000000247. The lowest BCUT2D eigenvalue weighted by Gasteiger charge is -2.17. The molecule has 0 radical (unpaired) electrons. The lowest BCUT2D eigenvalue weighted by molar-refractivity contribution is -0.0756. The molecule has 0 aliphatic rings. The maximum Gasteiger partial charge on any atom is 0.320 e. The molecule has 3 aromatic heterocycles. The Morgan fingerprint density at radius 3 is 1.64 bits per heavy atom. The second-order valence-electron chi connectivity index (χ2n) is 12.6. The highest BCUT2D eigenvalue weighted by molar-refractivity contribution is 6.08. The highest BCUT2D eigenvalue weighted by Gasteiger charge is 2.19. The molecule has 3 heterocycles. The van der Waals surface area contributed by atoms with Crippen LogP contribution in [0.25, 0.3) is 0 Å². The van der Waals surface area contributed by atoms with Crippen molar-refractivity contribution in [3.05, 3.63) is 145 Å². The normalized spacial score (nSPS) is 10.2. The van der Waals surface area contributed by atoms with E-state index in [-0.39, 0.29) is 35.0 Å². The third kappa shape index (κ3) is 13.5. The van der Waals surface area contributed by atoms with Crippen molar-refractivity contribution in [3.8, 4) is 11.6 Å². The van der Waals surface area contributed by atoms with Gasteiger partial charge in [-0.25, -0.2) is 34.0 Å². The van der Waals surface area contributed by atoms with E-state index in [9.17, 15) is 23.6 Å². The standard InChI is InChI=1S/C26H23FN6O3.C17H21N5O3/c1-2-28-26(35)33-23-14-22(31-18-6-4-3-5-7-18)21(16-29-23)25(34)32-19-10-13-24(30-15-19)36-20-11-8-17(27)9-12-20;1-4-18-17(24)21-15-10-14(20-12-8-6-5-7-9-12)13(11-19-15)16(23)22(2)25-3/h3-16H,2H2,1H3,(H,32,34)(H3,28,29,31,33,35);5-11H,4H2,1-3H3,(H3,18,19,20,21,24). The highest BCUT2D eigenvalue weighted by Crippen LogP contribution is 2.27. The van der Waals surface area contributed by atoms with Crippen LogP contribution < -0.4 is 42.0 Å². The summed E-state index contributed by atoms with van der Waals surface area (Å²) >= 11 is 0. The van der Waals surface area contributed by atoms with E-state index in [4.69, 9.17) is 9.57 Å². The zero-order valence-corrected chi connectivity index (χ0v) is 33.7. The number of carbonyl (C=O) groups is 4. The fourth-order valence-corrected chi connectivity index (χ4v) is 5.19. The van der Waals surface area contributed by atoms with Crippen LogP contribution in [0.3, 0.4) is 0 Å². The van der Waals surface area contributed by atoms with Gasteiger partial charge < -0.3 is 31.3 Å². The number of benzene rings is 3. The highest BCUT2D eigenvalue weighted by atomic mass is 19.1. The molecule has 0 bridgehead atoms. The maximum atomic E-state index is 13.1. The number of nitrogens with zero attached hydrogens (tertiary/aromatic N) is 4. The molecule has 0 saturated heterocycles. The number of nitrogens with one attached hydrogen (secondary N) is 7. The lowest BCUT2D eigenvalue weighted by Crippen LogP contribution is -2.29. The largest absolute Gasteiger partial charge is 0.439 e. The molecule has 0 atom stereocenters. The van der Waals surface area contributed by atoms with Crippen LogP contribution in [0.5, 0.6) is 11.6 Å². The number of amides is 6. The van der Waals surface area contributed by atoms with Crippen molar-refractivity contribution in [2.75, 3.05) is 53.8 Å². The fraction of sp³-hybridized carbons (Fsp3) is 0.140. The van der Waals surface area contributed by atoms with E-state index < -0.39 is 11.9 Å². The molecule has 0 spiro atoms.